The molecule has 100 valence electrons. The molecular formula is C14H13N5O. The fourth-order valence-electron chi connectivity index (χ4n) is 2.40. The molecular weight excluding hydrogens is 254 g/mol. The first-order valence-corrected chi connectivity index (χ1v) is 6.50. The lowest BCUT2D eigenvalue weighted by Crippen LogP contribution is -1.91. The summed E-state index contributed by atoms with van der Waals surface area (Å²) >= 11 is 0. The molecule has 3 aromatic rings. The van der Waals surface area contributed by atoms with Crippen molar-refractivity contribution in [3.05, 3.63) is 36.0 Å². The van der Waals surface area contributed by atoms with E-state index < -0.39 is 0 Å². The highest BCUT2D eigenvalue weighted by Crippen LogP contribution is 2.28. The first-order valence-electron chi connectivity index (χ1n) is 6.50. The molecule has 6 nitrogen and oxygen atoms in total. The van der Waals surface area contributed by atoms with Crippen molar-refractivity contribution in [1.82, 2.24) is 19.9 Å². The van der Waals surface area contributed by atoms with E-state index in [1.165, 1.54) is 5.56 Å². The normalized spacial score (nSPS) is 13.2. The van der Waals surface area contributed by atoms with Crippen LogP contribution >= 0.6 is 0 Å². The highest BCUT2D eigenvalue weighted by atomic mass is 16.5. The van der Waals surface area contributed by atoms with Gasteiger partial charge in [-0.15, -0.1) is 0 Å². The van der Waals surface area contributed by atoms with Gasteiger partial charge < -0.3 is 9.84 Å². The molecule has 0 radical (unpaired) electrons. The lowest BCUT2D eigenvalue weighted by Gasteiger charge is -2.00. The van der Waals surface area contributed by atoms with Crippen LogP contribution in [0.2, 0.25) is 0 Å². The number of fused-ring (bicyclic) bond motifs is 1. The molecule has 0 fully saturated rings. The van der Waals surface area contributed by atoms with E-state index in [9.17, 15) is 0 Å². The zero-order valence-corrected chi connectivity index (χ0v) is 11.0. The van der Waals surface area contributed by atoms with Crippen molar-refractivity contribution in [3.8, 4) is 23.0 Å². The van der Waals surface area contributed by atoms with E-state index in [1.54, 1.807) is 4.68 Å². The number of benzene rings is 1. The van der Waals surface area contributed by atoms with Crippen LogP contribution in [0.3, 0.4) is 0 Å². The van der Waals surface area contributed by atoms with Crippen LogP contribution < -0.4 is 5.32 Å². The van der Waals surface area contributed by atoms with Crippen LogP contribution in [-0.2, 0) is 13.5 Å². The van der Waals surface area contributed by atoms with Gasteiger partial charge in [-0.2, -0.15) is 10.1 Å². The lowest BCUT2D eigenvalue weighted by atomic mass is 10.1. The molecule has 0 amide bonds. The summed E-state index contributed by atoms with van der Waals surface area (Å²) in [4.78, 5) is 4.41. The summed E-state index contributed by atoms with van der Waals surface area (Å²) in [6, 6.07) is 8.04. The third-order valence-corrected chi connectivity index (χ3v) is 3.44. The molecule has 1 N–H and O–H groups in total. The quantitative estimate of drug-likeness (QED) is 0.770. The zero-order chi connectivity index (χ0) is 13.5. The molecule has 1 aromatic carbocycles. The van der Waals surface area contributed by atoms with E-state index >= 15 is 0 Å². The number of nitrogens with zero attached hydrogens (tertiary/aromatic N) is 4. The molecule has 0 aliphatic carbocycles. The van der Waals surface area contributed by atoms with Crippen LogP contribution in [0.15, 0.2) is 35.0 Å². The maximum Gasteiger partial charge on any atom is 0.258 e. The standard InChI is InChI=1S/C14H13N5O/c1-19-7-5-11(17-19)13-16-14(20-18-13)10-3-2-9-4-6-15-12(9)8-10/h2-3,5,7-8,15H,4,6H2,1H3. The maximum atomic E-state index is 5.34. The number of aryl methyl sites for hydroxylation is 1. The van der Waals surface area contributed by atoms with Crippen LogP contribution in [0.4, 0.5) is 5.69 Å². The third-order valence-electron chi connectivity index (χ3n) is 3.44. The van der Waals surface area contributed by atoms with E-state index in [1.807, 2.05) is 25.4 Å². The Bertz CT molecular complexity index is 773. The van der Waals surface area contributed by atoms with E-state index in [-0.39, 0.29) is 0 Å². The van der Waals surface area contributed by atoms with Gasteiger partial charge in [-0.25, -0.2) is 0 Å². The first-order chi connectivity index (χ1) is 9.79. The van der Waals surface area contributed by atoms with Gasteiger partial charge in [0.05, 0.1) is 0 Å². The van der Waals surface area contributed by atoms with Crippen molar-refractivity contribution in [2.45, 2.75) is 6.42 Å². The average Bonchev–Trinajstić information content (AvgIpc) is 3.17. The van der Waals surface area contributed by atoms with Gasteiger partial charge in [0, 0.05) is 31.0 Å². The highest BCUT2D eigenvalue weighted by Gasteiger charge is 2.15. The molecule has 4 rings (SSSR count). The Morgan fingerprint density at radius 2 is 2.25 bits per heavy atom. The molecule has 6 heteroatoms. The number of anilines is 1. The topological polar surface area (TPSA) is 68.8 Å². The molecule has 0 spiro atoms. The van der Waals surface area contributed by atoms with Gasteiger partial charge in [0.2, 0.25) is 5.82 Å². The second-order valence-electron chi connectivity index (χ2n) is 4.85. The summed E-state index contributed by atoms with van der Waals surface area (Å²) in [6.45, 7) is 0.988. The van der Waals surface area contributed by atoms with Crippen LogP contribution in [0.5, 0.6) is 0 Å². The van der Waals surface area contributed by atoms with Crippen LogP contribution in [0, 0.1) is 0 Å². The lowest BCUT2D eigenvalue weighted by molar-refractivity contribution is 0.432. The van der Waals surface area contributed by atoms with Gasteiger partial charge in [0.25, 0.3) is 5.89 Å². The number of aromatic nitrogens is 4. The van der Waals surface area contributed by atoms with Gasteiger partial charge in [-0.3, -0.25) is 4.68 Å². The van der Waals surface area contributed by atoms with E-state index in [2.05, 4.69) is 32.7 Å². The molecule has 0 atom stereocenters. The summed E-state index contributed by atoms with van der Waals surface area (Å²) in [5.41, 5.74) is 4.12. The molecule has 0 bridgehead atoms. The van der Waals surface area contributed by atoms with Crippen molar-refractivity contribution >= 4 is 5.69 Å². The summed E-state index contributed by atoms with van der Waals surface area (Å²) in [6.07, 6.45) is 2.92. The first kappa shape index (κ1) is 11.2. The van der Waals surface area contributed by atoms with Crippen molar-refractivity contribution in [3.63, 3.8) is 0 Å². The molecule has 0 saturated carbocycles. The van der Waals surface area contributed by atoms with Crippen molar-refractivity contribution < 1.29 is 4.52 Å². The predicted octanol–water partition coefficient (Wildman–Crippen LogP) is 2.11. The summed E-state index contributed by atoms with van der Waals surface area (Å²) < 4.78 is 7.05. The molecule has 0 unspecified atom stereocenters. The fraction of sp³-hybridized carbons (Fsp3) is 0.214. The smallest absolute Gasteiger partial charge is 0.258 e. The maximum absolute atomic E-state index is 5.34. The molecule has 1 aliphatic heterocycles. The van der Waals surface area contributed by atoms with Crippen LogP contribution in [-0.4, -0.2) is 26.5 Å². The van der Waals surface area contributed by atoms with Gasteiger partial charge in [0.15, 0.2) is 0 Å². The molecule has 2 aromatic heterocycles. The number of hydrogen-bond donors (Lipinski definition) is 1. The van der Waals surface area contributed by atoms with Crippen molar-refractivity contribution in [1.29, 1.82) is 0 Å². The van der Waals surface area contributed by atoms with Crippen LogP contribution in [0.25, 0.3) is 23.0 Å². The molecule has 20 heavy (non-hydrogen) atoms. The van der Waals surface area contributed by atoms with E-state index in [0.29, 0.717) is 17.4 Å². The fourth-order valence-corrected chi connectivity index (χ4v) is 2.40. The number of hydrogen-bond acceptors (Lipinski definition) is 5. The Hall–Kier alpha value is -2.63. The third kappa shape index (κ3) is 1.77. The van der Waals surface area contributed by atoms with Crippen molar-refractivity contribution in [2.24, 2.45) is 7.05 Å². The Balaban J connectivity index is 1.71. The SMILES string of the molecule is Cn1ccc(-c2noc(-c3ccc4c(c3)NCC4)n2)n1. The minimum Gasteiger partial charge on any atom is -0.384 e. The second-order valence-corrected chi connectivity index (χ2v) is 4.85. The van der Waals surface area contributed by atoms with Gasteiger partial charge >= 0.3 is 0 Å². The zero-order valence-electron chi connectivity index (χ0n) is 11.0. The summed E-state index contributed by atoms with van der Waals surface area (Å²) in [7, 11) is 1.86. The highest BCUT2D eigenvalue weighted by molar-refractivity contribution is 5.67. The Labute approximate surface area is 115 Å². The largest absolute Gasteiger partial charge is 0.384 e. The van der Waals surface area contributed by atoms with Gasteiger partial charge in [0.1, 0.15) is 5.69 Å². The molecule has 1 aliphatic rings. The Morgan fingerprint density at radius 1 is 1.30 bits per heavy atom. The minimum absolute atomic E-state index is 0.508. The van der Waals surface area contributed by atoms with E-state index in [0.717, 1.165) is 24.2 Å². The summed E-state index contributed by atoms with van der Waals surface area (Å²) in [5.74, 6) is 1.02. The van der Waals surface area contributed by atoms with Gasteiger partial charge in [-0.1, -0.05) is 11.2 Å². The molecule has 0 saturated heterocycles. The van der Waals surface area contributed by atoms with Crippen molar-refractivity contribution in [2.75, 3.05) is 11.9 Å². The van der Waals surface area contributed by atoms with Crippen LogP contribution in [0.1, 0.15) is 5.56 Å². The number of nitrogens with one attached hydrogen (secondary N) is 1. The summed E-state index contributed by atoms with van der Waals surface area (Å²) in [5, 5.41) is 11.6. The predicted molar refractivity (Wildman–Crippen MR) is 74.1 cm³/mol. The Morgan fingerprint density at radius 3 is 3.10 bits per heavy atom. The van der Waals surface area contributed by atoms with E-state index in [4.69, 9.17) is 4.52 Å². The minimum atomic E-state index is 0.508. The average molecular weight is 267 g/mol. The Kier molecular flexibility index (Phi) is 2.35. The number of rotatable bonds is 2. The second kappa shape index (κ2) is 4.19. The monoisotopic (exact) mass is 267 g/mol. The van der Waals surface area contributed by atoms with Gasteiger partial charge in [-0.05, 0) is 30.2 Å². The molecule has 3 heterocycles.